The molecular formula is C40H46N12O3S. The number of aromatic amines is 1. The number of carbonyl (C=O) groups is 2. The minimum absolute atomic E-state index is 0.200. The predicted octanol–water partition coefficient (Wildman–Crippen LogP) is 4.70. The number of ether oxygens (including phenoxy) is 1. The number of piperazine rings is 1. The summed E-state index contributed by atoms with van der Waals surface area (Å²) >= 11 is 1.60. The van der Waals surface area contributed by atoms with E-state index in [2.05, 4.69) is 40.5 Å². The van der Waals surface area contributed by atoms with Gasteiger partial charge in [0.15, 0.2) is 5.01 Å². The Morgan fingerprint density at radius 1 is 0.982 bits per heavy atom. The van der Waals surface area contributed by atoms with Crippen LogP contribution in [0, 0.1) is 22.7 Å². The molecule has 4 aromatic rings. The molecule has 0 spiro atoms. The maximum absolute atomic E-state index is 12.3. The van der Waals surface area contributed by atoms with Crippen molar-refractivity contribution in [2.75, 3.05) is 74.1 Å². The second-order valence-corrected chi connectivity index (χ2v) is 15.8. The fourth-order valence-electron chi connectivity index (χ4n) is 7.96. The molecule has 4 fully saturated rings. The summed E-state index contributed by atoms with van der Waals surface area (Å²) in [6.07, 6.45) is 11.3. The van der Waals surface area contributed by atoms with Gasteiger partial charge in [0.05, 0.1) is 28.4 Å². The number of pyridine rings is 2. The second-order valence-electron chi connectivity index (χ2n) is 14.9. The number of piperidine rings is 2. The molecule has 4 N–H and O–H groups in total. The minimum atomic E-state index is -0.309. The van der Waals surface area contributed by atoms with E-state index in [-0.39, 0.29) is 29.3 Å². The van der Waals surface area contributed by atoms with Crippen molar-refractivity contribution < 1.29 is 14.3 Å². The molecule has 1 atom stereocenters. The smallest absolute Gasteiger partial charge is 0.234 e. The first kappa shape index (κ1) is 37.4. The first-order valence-electron chi connectivity index (χ1n) is 19.4. The Labute approximate surface area is 329 Å². The van der Waals surface area contributed by atoms with Gasteiger partial charge in [-0.05, 0) is 73.9 Å². The quantitative estimate of drug-likeness (QED) is 0.0935. The molecule has 15 nitrogen and oxygen atoms in total. The largest absolute Gasteiger partial charge is 0.381 e. The molecule has 0 radical (unpaired) electrons. The Hall–Kier alpha value is -5.50. The van der Waals surface area contributed by atoms with Crippen LogP contribution in [0.15, 0.2) is 48.3 Å². The van der Waals surface area contributed by atoms with E-state index in [1.807, 2.05) is 42.6 Å². The third-order valence-corrected chi connectivity index (χ3v) is 12.2. The molecule has 4 aliphatic heterocycles. The lowest BCUT2D eigenvalue weighted by atomic mass is 9.91. The van der Waals surface area contributed by atoms with Gasteiger partial charge >= 0.3 is 0 Å². The van der Waals surface area contributed by atoms with Crippen molar-refractivity contribution in [3.05, 3.63) is 59.6 Å². The molecule has 4 aromatic heterocycles. The number of anilines is 3. The Balaban J connectivity index is 0.859. The van der Waals surface area contributed by atoms with E-state index < -0.39 is 0 Å². The number of carbonyl (C=O) groups excluding carboxylic acids is 2. The normalized spacial score (nSPS) is 20.5. The van der Waals surface area contributed by atoms with Crippen LogP contribution >= 0.6 is 11.3 Å². The number of allylic oxidation sites excluding steroid dienone is 1. The number of H-pyrrole nitrogens is 1. The lowest BCUT2D eigenvalue weighted by molar-refractivity contribution is -0.134. The Morgan fingerprint density at radius 3 is 2.54 bits per heavy atom. The molecule has 0 bridgehead atoms. The number of imide groups is 1. The number of nitriles is 1. The van der Waals surface area contributed by atoms with Gasteiger partial charge in [-0.15, -0.1) is 10.2 Å². The number of rotatable bonds is 11. The van der Waals surface area contributed by atoms with E-state index in [1.54, 1.807) is 23.6 Å². The summed E-state index contributed by atoms with van der Waals surface area (Å²) in [6, 6.07) is 12.1. The van der Waals surface area contributed by atoms with Crippen molar-refractivity contribution >= 4 is 52.1 Å². The number of nitrogens with zero attached hydrogens (tertiary/aromatic N) is 8. The average Bonchev–Trinajstić information content (AvgIpc) is 3.92. The molecule has 4 aliphatic rings. The lowest BCUT2D eigenvalue weighted by Crippen LogP contribution is -2.49. The van der Waals surface area contributed by atoms with Crippen LogP contribution in [0.2, 0.25) is 0 Å². The van der Waals surface area contributed by atoms with Gasteiger partial charge in [-0.3, -0.25) is 24.8 Å². The van der Waals surface area contributed by atoms with Crippen LogP contribution in [0.1, 0.15) is 55.7 Å². The van der Waals surface area contributed by atoms with Crippen molar-refractivity contribution in [1.29, 1.82) is 10.7 Å². The van der Waals surface area contributed by atoms with Gasteiger partial charge in [0.2, 0.25) is 16.9 Å². The SMILES string of the molecule is N#C/C(C=N)=C/c1ccc(-c2cc(NC3CCOCC3)c(-c3nnc(N4CCN(CC5CCN(c6ccc(C7CCC(=O)NC7=O)cn6)CC5)CC4)s3)cn2)[nH]1. The van der Waals surface area contributed by atoms with Crippen LogP contribution in [-0.2, 0) is 14.3 Å². The van der Waals surface area contributed by atoms with Gasteiger partial charge in [-0.25, -0.2) is 4.98 Å². The first-order chi connectivity index (χ1) is 27.4. The van der Waals surface area contributed by atoms with Crippen LogP contribution in [0.4, 0.5) is 16.6 Å². The molecule has 290 valence electrons. The molecule has 2 amide bonds. The third-order valence-electron chi connectivity index (χ3n) is 11.2. The first-order valence-corrected chi connectivity index (χ1v) is 20.3. The van der Waals surface area contributed by atoms with Gasteiger partial charge in [-0.2, -0.15) is 5.26 Å². The van der Waals surface area contributed by atoms with Gasteiger partial charge in [0.25, 0.3) is 0 Å². The highest BCUT2D eigenvalue weighted by Crippen LogP contribution is 2.36. The van der Waals surface area contributed by atoms with E-state index in [0.29, 0.717) is 18.8 Å². The Bertz CT molecular complexity index is 2100. The molecule has 0 aliphatic carbocycles. The van der Waals surface area contributed by atoms with Crippen molar-refractivity contribution in [2.45, 2.75) is 50.5 Å². The van der Waals surface area contributed by atoms with Crippen molar-refractivity contribution in [3.63, 3.8) is 0 Å². The monoisotopic (exact) mass is 774 g/mol. The number of hydrogen-bond acceptors (Lipinski definition) is 14. The molecule has 1 unspecified atom stereocenters. The number of nitrogens with one attached hydrogen (secondary N) is 4. The van der Waals surface area contributed by atoms with Crippen LogP contribution in [0.5, 0.6) is 0 Å². The highest BCUT2D eigenvalue weighted by atomic mass is 32.1. The zero-order valence-electron chi connectivity index (χ0n) is 31.2. The number of amides is 2. The fraction of sp³-hybridized carbons (Fsp3) is 0.450. The summed E-state index contributed by atoms with van der Waals surface area (Å²) in [5.41, 5.74) is 5.31. The molecule has 8 rings (SSSR count). The van der Waals surface area contributed by atoms with Crippen molar-refractivity contribution in [2.24, 2.45) is 5.92 Å². The van der Waals surface area contributed by atoms with E-state index in [9.17, 15) is 14.9 Å². The summed E-state index contributed by atoms with van der Waals surface area (Å²) in [4.78, 5) is 43.9. The molecule has 4 saturated heterocycles. The van der Waals surface area contributed by atoms with Crippen LogP contribution in [-0.4, -0.2) is 113 Å². The highest BCUT2D eigenvalue weighted by molar-refractivity contribution is 7.18. The topological polar surface area (TPSA) is 192 Å². The minimum Gasteiger partial charge on any atom is -0.381 e. The zero-order chi connectivity index (χ0) is 38.4. The van der Waals surface area contributed by atoms with Crippen LogP contribution < -0.4 is 20.4 Å². The molecular weight excluding hydrogens is 729 g/mol. The molecule has 16 heteroatoms. The van der Waals surface area contributed by atoms with Crippen molar-refractivity contribution in [3.8, 4) is 28.0 Å². The van der Waals surface area contributed by atoms with E-state index in [0.717, 1.165) is 141 Å². The van der Waals surface area contributed by atoms with Gasteiger partial charge < -0.3 is 30.2 Å². The zero-order valence-corrected chi connectivity index (χ0v) is 32.1. The Morgan fingerprint density at radius 2 is 1.80 bits per heavy atom. The average molecular weight is 775 g/mol. The standard InChI is InChI=1S/C40H46N12O3S/c41-21-27(22-42)19-30-2-4-33(46-30)35-20-34(45-29-9-17-55-18-10-29)32(24-43-35)39-48-49-40(56-39)52-15-13-50(14-16-52)25-26-7-11-51(12-8-26)36-5-1-28(23-44-36)31-3-6-37(53)47-38(31)54/h1-2,4-5,19-21,23-24,26,29,31,41,46H,3,6-18,25H2,(H,43,45)(H,47,53,54)/b27-19+,41-21?. The molecule has 56 heavy (non-hydrogen) atoms. The van der Waals surface area contributed by atoms with Gasteiger partial charge in [0.1, 0.15) is 11.9 Å². The summed E-state index contributed by atoms with van der Waals surface area (Å²) in [5.74, 6) is 0.845. The van der Waals surface area contributed by atoms with Crippen LogP contribution in [0.3, 0.4) is 0 Å². The van der Waals surface area contributed by atoms with Crippen LogP contribution in [0.25, 0.3) is 28.0 Å². The van der Waals surface area contributed by atoms with E-state index in [1.165, 1.54) is 0 Å². The summed E-state index contributed by atoms with van der Waals surface area (Å²) in [5, 5.41) is 33.9. The van der Waals surface area contributed by atoms with Gasteiger partial charge in [-0.1, -0.05) is 17.4 Å². The van der Waals surface area contributed by atoms with E-state index >= 15 is 0 Å². The van der Waals surface area contributed by atoms with Gasteiger partial charge in [0, 0.05) is 101 Å². The number of hydrogen-bond donors (Lipinski definition) is 4. The molecule has 0 aromatic carbocycles. The highest BCUT2D eigenvalue weighted by Gasteiger charge is 2.30. The lowest BCUT2D eigenvalue weighted by Gasteiger charge is -2.39. The summed E-state index contributed by atoms with van der Waals surface area (Å²) in [6.45, 7) is 8.22. The van der Waals surface area contributed by atoms with E-state index in [4.69, 9.17) is 20.1 Å². The molecule has 0 saturated carbocycles. The summed E-state index contributed by atoms with van der Waals surface area (Å²) in [7, 11) is 0. The Kier molecular flexibility index (Phi) is 11.4. The fourth-order valence-corrected chi connectivity index (χ4v) is 8.88. The summed E-state index contributed by atoms with van der Waals surface area (Å²) < 4.78 is 5.61. The maximum atomic E-state index is 12.3. The predicted molar refractivity (Wildman–Crippen MR) is 216 cm³/mol. The van der Waals surface area contributed by atoms with Crippen molar-refractivity contribution in [1.82, 2.24) is 35.4 Å². The maximum Gasteiger partial charge on any atom is 0.234 e. The third kappa shape index (κ3) is 8.65. The second kappa shape index (κ2) is 17.1. The number of aromatic nitrogens is 5. The molecule has 8 heterocycles.